The van der Waals surface area contributed by atoms with Crippen LogP contribution in [0.5, 0.6) is 5.75 Å². The van der Waals surface area contributed by atoms with Crippen LogP contribution in [0.1, 0.15) is 50.5 Å². The molecule has 2 aromatic rings. The molecule has 1 heterocycles. The topological polar surface area (TPSA) is 86.5 Å². The van der Waals surface area contributed by atoms with Crippen LogP contribution in [0.15, 0.2) is 28.7 Å². The molecular weight excluding hydrogens is 390 g/mol. The second-order valence-electron chi connectivity index (χ2n) is 8.15. The van der Waals surface area contributed by atoms with Gasteiger partial charge in [0.15, 0.2) is 9.84 Å². The lowest BCUT2D eigenvalue weighted by Gasteiger charge is -2.25. The van der Waals surface area contributed by atoms with E-state index >= 15 is 0 Å². The molecule has 0 saturated heterocycles. The number of Topliss-reactive ketones (excluding diaryl/α,β-unsaturated/α-hetero) is 1. The average Bonchev–Trinajstić information content (AvgIpc) is 3.03. The molecule has 0 N–H and O–H groups in total. The van der Waals surface area contributed by atoms with Gasteiger partial charge in [0.05, 0.1) is 18.6 Å². The maximum atomic E-state index is 12.6. The van der Waals surface area contributed by atoms with Crippen LogP contribution in [0, 0.1) is 18.8 Å². The largest absolute Gasteiger partial charge is 0.497 e. The van der Waals surface area contributed by atoms with Crippen molar-refractivity contribution in [3.63, 3.8) is 0 Å². The third-order valence-corrected chi connectivity index (χ3v) is 7.07. The molecule has 1 aliphatic rings. The van der Waals surface area contributed by atoms with E-state index in [2.05, 4.69) is 11.9 Å². The van der Waals surface area contributed by atoms with Crippen LogP contribution >= 0.6 is 0 Å². The summed E-state index contributed by atoms with van der Waals surface area (Å²) in [5.74, 6) is 1.56. The van der Waals surface area contributed by atoms with Crippen molar-refractivity contribution in [1.82, 2.24) is 4.98 Å². The minimum atomic E-state index is -3.60. The van der Waals surface area contributed by atoms with E-state index in [1.54, 1.807) is 20.1 Å². The van der Waals surface area contributed by atoms with E-state index in [1.807, 2.05) is 18.2 Å². The molecule has 158 valence electrons. The Labute approximate surface area is 172 Å². The van der Waals surface area contributed by atoms with E-state index in [-0.39, 0.29) is 11.5 Å². The molecule has 1 fully saturated rings. The molecule has 0 atom stereocenters. The number of aromatic nitrogens is 1. The summed E-state index contributed by atoms with van der Waals surface area (Å²) >= 11 is 0. The number of methoxy groups -OCH3 is 1. The lowest BCUT2D eigenvalue weighted by Crippen LogP contribution is -2.22. The first-order valence-electron chi connectivity index (χ1n) is 10.1. The zero-order valence-electron chi connectivity index (χ0n) is 17.3. The molecule has 0 radical (unpaired) electrons. The van der Waals surface area contributed by atoms with Gasteiger partial charge in [-0.05, 0) is 49.8 Å². The van der Waals surface area contributed by atoms with Crippen molar-refractivity contribution in [3.05, 3.63) is 35.7 Å². The van der Waals surface area contributed by atoms with Crippen LogP contribution in [0.4, 0.5) is 0 Å². The number of hydrogen-bond acceptors (Lipinski definition) is 6. The van der Waals surface area contributed by atoms with E-state index in [9.17, 15) is 13.2 Å². The Bertz CT molecular complexity index is 955. The third-order valence-electron chi connectivity index (χ3n) is 5.60. The zero-order chi connectivity index (χ0) is 21.0. The van der Waals surface area contributed by atoms with E-state index in [0.717, 1.165) is 25.7 Å². The normalized spacial score (nSPS) is 19.8. The van der Waals surface area contributed by atoms with E-state index < -0.39 is 15.6 Å². The summed E-state index contributed by atoms with van der Waals surface area (Å²) in [6.07, 6.45) is 4.63. The molecule has 1 aromatic carbocycles. The number of aryl methyl sites for hydroxylation is 1. The number of hydrogen-bond donors (Lipinski definition) is 0. The van der Waals surface area contributed by atoms with Crippen molar-refractivity contribution < 1.29 is 22.4 Å². The van der Waals surface area contributed by atoms with Gasteiger partial charge >= 0.3 is 0 Å². The van der Waals surface area contributed by atoms with Crippen molar-refractivity contribution in [2.45, 2.75) is 51.7 Å². The summed E-state index contributed by atoms with van der Waals surface area (Å²) in [7, 11) is -2.02. The van der Waals surface area contributed by atoms with Gasteiger partial charge < -0.3 is 9.15 Å². The molecule has 0 amide bonds. The number of oxazole rings is 1. The third kappa shape index (κ3) is 5.92. The van der Waals surface area contributed by atoms with Crippen molar-refractivity contribution in [2.75, 3.05) is 12.9 Å². The van der Waals surface area contributed by atoms with Crippen LogP contribution in [0.3, 0.4) is 0 Å². The molecule has 7 heteroatoms. The minimum Gasteiger partial charge on any atom is -0.497 e. The standard InChI is InChI=1S/C22H29NO5S/c1-15-7-9-17(10-8-15)11-19(24)13-29(25,26)14-21-16(2)28-22(23-21)18-5-4-6-20(12-18)27-3/h4-6,12,15,17H,7-11,13-14H2,1-3H3. The van der Waals surface area contributed by atoms with Gasteiger partial charge in [-0.2, -0.15) is 0 Å². The fraction of sp³-hybridized carbons (Fsp3) is 0.545. The fourth-order valence-corrected chi connectivity index (χ4v) is 5.26. The highest BCUT2D eigenvalue weighted by Crippen LogP contribution is 2.31. The highest BCUT2D eigenvalue weighted by Gasteiger charge is 2.25. The molecule has 0 aliphatic heterocycles. The number of carbonyl (C=O) groups excluding carboxylic acids is 1. The fourth-order valence-electron chi connectivity index (χ4n) is 3.86. The van der Waals surface area contributed by atoms with E-state index in [0.29, 0.717) is 46.9 Å². The second kappa shape index (κ2) is 9.11. The monoisotopic (exact) mass is 419 g/mol. The van der Waals surface area contributed by atoms with Crippen LogP contribution in [0.2, 0.25) is 0 Å². The molecule has 29 heavy (non-hydrogen) atoms. The first-order chi connectivity index (χ1) is 13.8. The van der Waals surface area contributed by atoms with Crippen molar-refractivity contribution in [3.8, 4) is 17.2 Å². The van der Waals surface area contributed by atoms with Crippen LogP contribution in [0.25, 0.3) is 11.5 Å². The van der Waals surface area contributed by atoms with Crippen LogP contribution < -0.4 is 4.74 Å². The molecular formula is C22H29NO5S. The number of ketones is 1. The molecule has 1 aromatic heterocycles. The van der Waals surface area contributed by atoms with Gasteiger partial charge in [-0.3, -0.25) is 4.79 Å². The minimum absolute atomic E-state index is 0.196. The molecule has 0 bridgehead atoms. The first kappa shape index (κ1) is 21.6. The number of benzene rings is 1. The lowest BCUT2D eigenvalue weighted by atomic mass is 9.81. The quantitative estimate of drug-likeness (QED) is 0.632. The van der Waals surface area contributed by atoms with Crippen LogP contribution in [-0.2, 0) is 20.4 Å². The van der Waals surface area contributed by atoms with Crippen molar-refractivity contribution >= 4 is 15.6 Å². The van der Waals surface area contributed by atoms with Gasteiger partial charge in [-0.25, -0.2) is 13.4 Å². The first-order valence-corrected chi connectivity index (χ1v) is 11.9. The zero-order valence-corrected chi connectivity index (χ0v) is 18.1. The molecule has 0 spiro atoms. The van der Waals surface area contributed by atoms with Gasteiger partial charge in [-0.15, -0.1) is 0 Å². The van der Waals surface area contributed by atoms with Crippen molar-refractivity contribution in [2.24, 2.45) is 11.8 Å². The lowest BCUT2D eigenvalue weighted by molar-refractivity contribution is -0.117. The highest BCUT2D eigenvalue weighted by molar-refractivity contribution is 7.91. The Morgan fingerprint density at radius 3 is 2.66 bits per heavy atom. The molecule has 3 rings (SSSR count). The number of carbonyl (C=O) groups is 1. The Balaban J connectivity index is 1.64. The van der Waals surface area contributed by atoms with Gasteiger partial charge in [0.2, 0.25) is 5.89 Å². The van der Waals surface area contributed by atoms with Gasteiger partial charge in [0, 0.05) is 12.0 Å². The predicted molar refractivity (Wildman–Crippen MR) is 111 cm³/mol. The summed E-state index contributed by atoms with van der Waals surface area (Å²) in [6, 6.07) is 7.22. The summed E-state index contributed by atoms with van der Waals surface area (Å²) in [4.78, 5) is 16.7. The summed E-state index contributed by atoms with van der Waals surface area (Å²) in [6.45, 7) is 3.91. The SMILES string of the molecule is COc1cccc(-c2nc(CS(=O)(=O)CC(=O)CC3CCC(C)CC3)c(C)o2)c1. The predicted octanol–water partition coefficient (Wildman–Crippen LogP) is 4.36. The number of sulfone groups is 1. The highest BCUT2D eigenvalue weighted by atomic mass is 32.2. The summed E-state index contributed by atoms with van der Waals surface area (Å²) < 4.78 is 36.0. The average molecular weight is 420 g/mol. The van der Waals surface area contributed by atoms with Crippen molar-refractivity contribution in [1.29, 1.82) is 0 Å². The molecule has 6 nitrogen and oxygen atoms in total. The van der Waals surface area contributed by atoms with Crippen LogP contribution in [-0.4, -0.2) is 32.0 Å². The molecule has 0 unspecified atom stereocenters. The number of nitrogens with zero attached hydrogens (tertiary/aromatic N) is 1. The molecule has 1 aliphatic carbocycles. The maximum absolute atomic E-state index is 12.6. The van der Waals surface area contributed by atoms with Gasteiger partial charge in [0.1, 0.15) is 23.0 Å². The Morgan fingerprint density at radius 2 is 1.97 bits per heavy atom. The summed E-state index contributed by atoms with van der Waals surface area (Å²) in [5.41, 5.74) is 1.06. The van der Waals surface area contributed by atoms with Gasteiger partial charge in [0.25, 0.3) is 0 Å². The second-order valence-corrected chi connectivity index (χ2v) is 10.2. The Hall–Kier alpha value is -2.15. The smallest absolute Gasteiger partial charge is 0.226 e. The number of rotatable bonds is 8. The Morgan fingerprint density at radius 1 is 1.24 bits per heavy atom. The Kier molecular flexibility index (Phi) is 6.77. The summed E-state index contributed by atoms with van der Waals surface area (Å²) in [5, 5.41) is 0. The van der Waals surface area contributed by atoms with E-state index in [4.69, 9.17) is 9.15 Å². The van der Waals surface area contributed by atoms with Gasteiger partial charge in [-0.1, -0.05) is 25.8 Å². The molecule has 1 saturated carbocycles. The number of ether oxygens (including phenoxy) is 1. The maximum Gasteiger partial charge on any atom is 0.226 e. The van der Waals surface area contributed by atoms with E-state index in [1.165, 1.54) is 0 Å².